The van der Waals surface area contributed by atoms with E-state index in [-0.39, 0.29) is 5.91 Å². The molecule has 5 heteroatoms. The molecule has 0 spiro atoms. The van der Waals surface area contributed by atoms with Crippen molar-refractivity contribution in [3.63, 3.8) is 0 Å². The Morgan fingerprint density at radius 2 is 1.95 bits per heavy atom. The van der Waals surface area contributed by atoms with Crippen LogP contribution in [0.1, 0.15) is 56.4 Å². The highest BCUT2D eigenvalue weighted by Gasteiger charge is 2.20. The van der Waals surface area contributed by atoms with Crippen LogP contribution in [-0.2, 0) is 0 Å². The molecule has 0 unspecified atom stereocenters. The lowest BCUT2D eigenvalue weighted by Gasteiger charge is -2.28. The first-order valence-electron chi connectivity index (χ1n) is 7.61. The van der Waals surface area contributed by atoms with Gasteiger partial charge in [-0.2, -0.15) is 0 Å². The van der Waals surface area contributed by atoms with Crippen LogP contribution in [0.25, 0.3) is 0 Å². The van der Waals surface area contributed by atoms with E-state index in [1.54, 1.807) is 6.07 Å². The van der Waals surface area contributed by atoms with Crippen molar-refractivity contribution in [2.75, 3.05) is 11.9 Å². The Hall–Kier alpha value is -1.65. The molecular weight excluding hydrogens is 252 g/mol. The molecule has 5 nitrogen and oxygen atoms in total. The maximum atomic E-state index is 11.6. The molecule has 2 N–H and O–H groups in total. The Morgan fingerprint density at radius 3 is 2.50 bits per heavy atom. The summed E-state index contributed by atoms with van der Waals surface area (Å²) in [6.07, 6.45) is 6.25. The van der Waals surface area contributed by atoms with E-state index < -0.39 is 0 Å². The quantitative estimate of drug-likeness (QED) is 0.867. The minimum atomic E-state index is -0.171. The first-order chi connectivity index (χ1) is 9.72. The number of carbonyl (C=O) groups excluding carboxylic acids is 1. The van der Waals surface area contributed by atoms with Gasteiger partial charge >= 0.3 is 0 Å². The van der Waals surface area contributed by atoms with Gasteiger partial charge in [0.1, 0.15) is 5.82 Å². The van der Waals surface area contributed by atoms with E-state index in [0.717, 1.165) is 11.7 Å². The van der Waals surface area contributed by atoms with E-state index >= 15 is 0 Å². The van der Waals surface area contributed by atoms with E-state index in [1.807, 2.05) is 13.0 Å². The van der Waals surface area contributed by atoms with Gasteiger partial charge in [-0.25, -0.2) is 0 Å². The minimum Gasteiger partial charge on any atom is -0.366 e. The zero-order chi connectivity index (χ0) is 14.4. The van der Waals surface area contributed by atoms with Crippen molar-refractivity contribution in [2.45, 2.75) is 52.0 Å². The van der Waals surface area contributed by atoms with Crippen molar-refractivity contribution < 1.29 is 4.79 Å². The number of rotatable bonds is 5. The van der Waals surface area contributed by atoms with Gasteiger partial charge in [0.05, 0.1) is 0 Å². The highest BCUT2D eigenvalue weighted by molar-refractivity contribution is 5.92. The van der Waals surface area contributed by atoms with E-state index in [0.29, 0.717) is 18.3 Å². The summed E-state index contributed by atoms with van der Waals surface area (Å²) in [6, 6.07) is 4.05. The molecule has 1 aliphatic rings. The Balaban J connectivity index is 1.86. The van der Waals surface area contributed by atoms with Crippen LogP contribution in [0.2, 0.25) is 0 Å². The van der Waals surface area contributed by atoms with Gasteiger partial charge in [-0.05, 0) is 50.7 Å². The summed E-state index contributed by atoms with van der Waals surface area (Å²) >= 11 is 0. The molecule has 20 heavy (non-hydrogen) atoms. The number of anilines is 1. The van der Waals surface area contributed by atoms with Gasteiger partial charge in [-0.1, -0.05) is 13.3 Å². The Labute approximate surface area is 120 Å². The first-order valence-corrected chi connectivity index (χ1v) is 7.61. The predicted molar refractivity (Wildman–Crippen MR) is 79.7 cm³/mol. The SMILES string of the molecule is CCNC(=O)c1ccc(NC2CCC(CC)CC2)nn1. The minimum absolute atomic E-state index is 0.171. The van der Waals surface area contributed by atoms with Crippen LogP contribution in [0.4, 0.5) is 5.82 Å². The lowest BCUT2D eigenvalue weighted by molar-refractivity contribution is 0.0950. The largest absolute Gasteiger partial charge is 0.366 e. The molecule has 1 heterocycles. The molecular formula is C15H24N4O. The van der Waals surface area contributed by atoms with Crippen LogP contribution in [-0.4, -0.2) is 28.7 Å². The second-order valence-electron chi connectivity index (χ2n) is 5.43. The highest BCUT2D eigenvalue weighted by Crippen LogP contribution is 2.27. The fraction of sp³-hybridized carbons (Fsp3) is 0.667. The lowest BCUT2D eigenvalue weighted by Crippen LogP contribution is -2.27. The normalized spacial score (nSPS) is 22.3. The van der Waals surface area contributed by atoms with Crippen molar-refractivity contribution in [1.82, 2.24) is 15.5 Å². The van der Waals surface area contributed by atoms with Gasteiger partial charge in [-0.15, -0.1) is 10.2 Å². The van der Waals surface area contributed by atoms with Gasteiger partial charge in [0.25, 0.3) is 5.91 Å². The second kappa shape index (κ2) is 7.22. The number of hydrogen-bond donors (Lipinski definition) is 2. The molecule has 0 radical (unpaired) electrons. The predicted octanol–water partition coefficient (Wildman–Crippen LogP) is 2.61. The van der Waals surface area contributed by atoms with Gasteiger partial charge in [0, 0.05) is 12.6 Å². The Bertz CT molecular complexity index is 424. The fourth-order valence-corrected chi connectivity index (χ4v) is 2.71. The van der Waals surface area contributed by atoms with Crippen LogP contribution in [0, 0.1) is 5.92 Å². The third-order valence-corrected chi connectivity index (χ3v) is 4.01. The number of aromatic nitrogens is 2. The molecule has 0 aromatic carbocycles. The molecule has 110 valence electrons. The molecule has 0 bridgehead atoms. The fourth-order valence-electron chi connectivity index (χ4n) is 2.71. The number of hydrogen-bond acceptors (Lipinski definition) is 4. The van der Waals surface area contributed by atoms with Crippen LogP contribution < -0.4 is 10.6 Å². The average Bonchev–Trinajstić information content (AvgIpc) is 2.49. The molecule has 1 saturated carbocycles. The molecule has 0 atom stereocenters. The second-order valence-corrected chi connectivity index (χ2v) is 5.43. The molecule has 1 amide bonds. The van der Waals surface area contributed by atoms with Gasteiger partial charge in [0.15, 0.2) is 5.69 Å². The van der Waals surface area contributed by atoms with Crippen LogP contribution in [0.15, 0.2) is 12.1 Å². The summed E-state index contributed by atoms with van der Waals surface area (Å²) in [5.74, 6) is 1.48. The summed E-state index contributed by atoms with van der Waals surface area (Å²) in [6.45, 7) is 4.75. The van der Waals surface area contributed by atoms with Gasteiger partial charge < -0.3 is 10.6 Å². The van der Waals surface area contributed by atoms with Crippen molar-refractivity contribution >= 4 is 11.7 Å². The molecule has 2 rings (SSSR count). The van der Waals surface area contributed by atoms with E-state index in [4.69, 9.17) is 0 Å². The number of carbonyl (C=O) groups is 1. The summed E-state index contributed by atoms with van der Waals surface area (Å²) in [5, 5.41) is 14.2. The molecule has 1 aromatic heterocycles. The van der Waals surface area contributed by atoms with E-state index in [9.17, 15) is 4.79 Å². The molecule has 1 aliphatic carbocycles. The number of nitrogens with zero attached hydrogens (tertiary/aromatic N) is 2. The Kier molecular flexibility index (Phi) is 5.32. The highest BCUT2D eigenvalue weighted by atomic mass is 16.1. The molecule has 1 fully saturated rings. The lowest BCUT2D eigenvalue weighted by atomic mass is 9.84. The third kappa shape index (κ3) is 3.92. The number of nitrogens with one attached hydrogen (secondary N) is 2. The molecule has 0 saturated heterocycles. The zero-order valence-corrected chi connectivity index (χ0v) is 12.4. The maximum Gasteiger partial charge on any atom is 0.271 e. The van der Waals surface area contributed by atoms with Crippen molar-refractivity contribution in [1.29, 1.82) is 0 Å². The first kappa shape index (κ1) is 14.8. The summed E-state index contributed by atoms with van der Waals surface area (Å²) in [7, 11) is 0. The van der Waals surface area contributed by atoms with Gasteiger partial charge in [0.2, 0.25) is 0 Å². The van der Waals surface area contributed by atoms with E-state index in [1.165, 1.54) is 32.1 Å². The maximum absolute atomic E-state index is 11.6. The van der Waals surface area contributed by atoms with Crippen molar-refractivity contribution in [2.24, 2.45) is 5.92 Å². The van der Waals surface area contributed by atoms with Gasteiger partial charge in [-0.3, -0.25) is 4.79 Å². The zero-order valence-electron chi connectivity index (χ0n) is 12.4. The summed E-state index contributed by atoms with van der Waals surface area (Å²) in [5.41, 5.74) is 0.368. The monoisotopic (exact) mass is 276 g/mol. The molecule has 1 aromatic rings. The van der Waals surface area contributed by atoms with E-state index in [2.05, 4.69) is 27.8 Å². The average molecular weight is 276 g/mol. The van der Waals surface area contributed by atoms with Crippen molar-refractivity contribution in [3.05, 3.63) is 17.8 Å². The topological polar surface area (TPSA) is 66.9 Å². The van der Waals surface area contributed by atoms with Crippen molar-refractivity contribution in [3.8, 4) is 0 Å². The standard InChI is InChI=1S/C15H24N4O/c1-3-11-5-7-12(8-6-11)17-14-10-9-13(18-19-14)15(20)16-4-2/h9-12H,3-8H2,1-2H3,(H,16,20)(H,17,19). The van der Waals surface area contributed by atoms with Crippen LogP contribution in [0.3, 0.4) is 0 Å². The van der Waals surface area contributed by atoms with Crippen LogP contribution >= 0.6 is 0 Å². The smallest absolute Gasteiger partial charge is 0.271 e. The third-order valence-electron chi connectivity index (χ3n) is 4.01. The molecule has 0 aliphatic heterocycles. The summed E-state index contributed by atoms with van der Waals surface area (Å²) < 4.78 is 0. The Morgan fingerprint density at radius 1 is 1.20 bits per heavy atom. The summed E-state index contributed by atoms with van der Waals surface area (Å²) in [4.78, 5) is 11.6. The van der Waals surface area contributed by atoms with Crippen LogP contribution in [0.5, 0.6) is 0 Å². The number of amides is 1.